The number of ether oxygens (including phenoxy) is 1. The van der Waals surface area contributed by atoms with Gasteiger partial charge in [-0.15, -0.1) is 0 Å². The van der Waals surface area contributed by atoms with E-state index in [0.717, 1.165) is 36.2 Å². The Bertz CT molecular complexity index is 806. The summed E-state index contributed by atoms with van der Waals surface area (Å²) in [5.74, 6) is 0.977. The van der Waals surface area contributed by atoms with Crippen molar-refractivity contribution in [2.24, 2.45) is 0 Å². The highest BCUT2D eigenvalue weighted by Gasteiger charge is 2.03. The highest BCUT2D eigenvalue weighted by atomic mass is 16.5. The molecule has 0 aliphatic carbocycles. The van der Waals surface area contributed by atoms with E-state index in [0.29, 0.717) is 13.0 Å². The maximum absolute atomic E-state index is 11.6. The lowest BCUT2D eigenvalue weighted by Gasteiger charge is -2.08. The van der Waals surface area contributed by atoms with Crippen molar-refractivity contribution < 1.29 is 9.53 Å². The van der Waals surface area contributed by atoms with Crippen LogP contribution in [0.15, 0.2) is 54.9 Å². The van der Waals surface area contributed by atoms with Gasteiger partial charge in [0.25, 0.3) is 0 Å². The molecule has 0 saturated carbocycles. The molecule has 3 rings (SSSR count). The largest absolute Gasteiger partial charge is 0.494 e. The SMILES string of the molecule is CCC(=O)c1ccc(OCCCCn2cnc3ccccc32)cc1. The normalized spacial score (nSPS) is 10.9. The first-order chi connectivity index (χ1) is 11.8. The fraction of sp³-hybridized carbons (Fsp3) is 0.300. The van der Waals surface area contributed by atoms with E-state index in [9.17, 15) is 4.79 Å². The van der Waals surface area contributed by atoms with Gasteiger partial charge in [0.2, 0.25) is 0 Å². The van der Waals surface area contributed by atoms with Crippen molar-refractivity contribution in [1.29, 1.82) is 0 Å². The summed E-state index contributed by atoms with van der Waals surface area (Å²) in [6, 6.07) is 15.6. The molecule has 1 aromatic heterocycles. The van der Waals surface area contributed by atoms with Gasteiger partial charge >= 0.3 is 0 Å². The molecule has 2 aromatic carbocycles. The molecule has 4 nitrogen and oxygen atoms in total. The van der Waals surface area contributed by atoms with Gasteiger partial charge in [0.1, 0.15) is 5.75 Å². The molecule has 0 saturated heterocycles. The maximum Gasteiger partial charge on any atom is 0.162 e. The third-order valence-corrected chi connectivity index (χ3v) is 4.09. The van der Waals surface area contributed by atoms with Gasteiger partial charge in [0.15, 0.2) is 5.78 Å². The third kappa shape index (κ3) is 3.82. The highest BCUT2D eigenvalue weighted by Crippen LogP contribution is 2.15. The molecule has 24 heavy (non-hydrogen) atoms. The molecule has 0 bridgehead atoms. The molecule has 3 aromatic rings. The number of imidazole rings is 1. The predicted octanol–water partition coefficient (Wildman–Crippen LogP) is 4.49. The summed E-state index contributed by atoms with van der Waals surface area (Å²) in [6.07, 6.45) is 4.44. The van der Waals surface area contributed by atoms with Crippen LogP contribution in [-0.2, 0) is 6.54 Å². The van der Waals surface area contributed by atoms with Crippen LogP contribution in [0.5, 0.6) is 5.75 Å². The first kappa shape index (κ1) is 16.2. The lowest BCUT2D eigenvalue weighted by molar-refractivity contribution is 0.0988. The Labute approximate surface area is 142 Å². The van der Waals surface area contributed by atoms with E-state index < -0.39 is 0 Å². The number of Topliss-reactive ketones (excluding diaryl/α,β-unsaturated/α-hetero) is 1. The molecule has 0 spiro atoms. The van der Waals surface area contributed by atoms with Gasteiger partial charge in [-0.1, -0.05) is 19.1 Å². The first-order valence-corrected chi connectivity index (χ1v) is 8.44. The van der Waals surface area contributed by atoms with Crippen LogP contribution < -0.4 is 4.74 Å². The van der Waals surface area contributed by atoms with E-state index in [1.54, 1.807) is 0 Å². The number of carbonyl (C=O) groups is 1. The molecule has 0 amide bonds. The zero-order chi connectivity index (χ0) is 16.8. The summed E-state index contributed by atoms with van der Waals surface area (Å²) in [5.41, 5.74) is 2.96. The summed E-state index contributed by atoms with van der Waals surface area (Å²) in [5, 5.41) is 0. The molecule has 0 aliphatic heterocycles. The number of ketones is 1. The van der Waals surface area contributed by atoms with Crippen LogP contribution in [-0.4, -0.2) is 21.9 Å². The van der Waals surface area contributed by atoms with Crippen LogP contribution in [0.4, 0.5) is 0 Å². The molecule has 0 fully saturated rings. The number of hydrogen-bond acceptors (Lipinski definition) is 3. The van der Waals surface area contributed by atoms with E-state index in [-0.39, 0.29) is 5.78 Å². The van der Waals surface area contributed by atoms with Crippen molar-refractivity contribution in [2.45, 2.75) is 32.7 Å². The second-order valence-electron chi connectivity index (χ2n) is 5.78. The van der Waals surface area contributed by atoms with Crippen molar-refractivity contribution in [3.63, 3.8) is 0 Å². The van der Waals surface area contributed by atoms with Crippen molar-refractivity contribution in [3.05, 3.63) is 60.4 Å². The van der Waals surface area contributed by atoms with Crippen molar-refractivity contribution in [1.82, 2.24) is 9.55 Å². The number of aryl methyl sites for hydroxylation is 1. The monoisotopic (exact) mass is 322 g/mol. The highest BCUT2D eigenvalue weighted by molar-refractivity contribution is 5.95. The van der Waals surface area contributed by atoms with Crippen LogP contribution in [0, 0.1) is 0 Å². The fourth-order valence-electron chi connectivity index (χ4n) is 2.70. The zero-order valence-electron chi connectivity index (χ0n) is 13.9. The number of fused-ring (bicyclic) bond motifs is 1. The van der Waals surface area contributed by atoms with Crippen LogP contribution in [0.25, 0.3) is 11.0 Å². The molecule has 0 aliphatic rings. The van der Waals surface area contributed by atoms with Crippen molar-refractivity contribution >= 4 is 16.8 Å². The Hall–Kier alpha value is -2.62. The van der Waals surface area contributed by atoms with E-state index in [4.69, 9.17) is 4.74 Å². The topological polar surface area (TPSA) is 44.1 Å². The van der Waals surface area contributed by atoms with Gasteiger partial charge in [-0.2, -0.15) is 0 Å². The number of carbonyl (C=O) groups excluding carboxylic acids is 1. The number of hydrogen-bond donors (Lipinski definition) is 0. The summed E-state index contributed by atoms with van der Waals surface area (Å²) in [7, 11) is 0. The Morgan fingerprint density at radius 1 is 1.08 bits per heavy atom. The molecular weight excluding hydrogens is 300 g/mol. The second-order valence-corrected chi connectivity index (χ2v) is 5.78. The van der Waals surface area contributed by atoms with Gasteiger partial charge in [0.05, 0.1) is 24.0 Å². The summed E-state index contributed by atoms with van der Waals surface area (Å²) in [4.78, 5) is 16.0. The summed E-state index contributed by atoms with van der Waals surface area (Å²) in [6.45, 7) is 3.48. The second kappa shape index (κ2) is 7.77. The van der Waals surface area contributed by atoms with Gasteiger partial charge in [0, 0.05) is 18.5 Å². The lowest BCUT2D eigenvalue weighted by Crippen LogP contribution is -2.02. The van der Waals surface area contributed by atoms with Gasteiger partial charge in [-0.3, -0.25) is 4.79 Å². The van der Waals surface area contributed by atoms with Crippen LogP contribution in [0.2, 0.25) is 0 Å². The van der Waals surface area contributed by atoms with Gasteiger partial charge < -0.3 is 9.30 Å². The molecule has 4 heteroatoms. The summed E-state index contributed by atoms with van der Waals surface area (Å²) < 4.78 is 7.93. The van der Waals surface area contributed by atoms with Gasteiger partial charge in [-0.05, 0) is 49.2 Å². The third-order valence-electron chi connectivity index (χ3n) is 4.09. The number of unbranched alkanes of at least 4 members (excludes halogenated alkanes) is 1. The molecule has 0 radical (unpaired) electrons. The molecule has 0 unspecified atom stereocenters. The van der Waals surface area contributed by atoms with E-state index in [2.05, 4.69) is 15.6 Å². The van der Waals surface area contributed by atoms with Crippen LogP contribution >= 0.6 is 0 Å². The molecule has 0 atom stereocenters. The molecule has 124 valence electrons. The number of benzene rings is 2. The average Bonchev–Trinajstić information content (AvgIpc) is 3.04. The minimum absolute atomic E-state index is 0.161. The first-order valence-electron chi connectivity index (χ1n) is 8.44. The number of rotatable bonds is 8. The smallest absolute Gasteiger partial charge is 0.162 e. The van der Waals surface area contributed by atoms with Crippen LogP contribution in [0.3, 0.4) is 0 Å². The van der Waals surface area contributed by atoms with Crippen molar-refractivity contribution in [3.8, 4) is 5.75 Å². The Morgan fingerprint density at radius 3 is 2.67 bits per heavy atom. The number of nitrogens with zero attached hydrogens (tertiary/aromatic N) is 2. The zero-order valence-corrected chi connectivity index (χ0v) is 13.9. The standard InChI is InChI=1S/C20H22N2O2/c1-2-20(23)16-9-11-17(12-10-16)24-14-6-5-13-22-15-21-18-7-3-4-8-19(18)22/h3-4,7-12,15H,2,5-6,13-14H2,1H3. The van der Waals surface area contributed by atoms with E-state index in [1.807, 2.05) is 55.7 Å². The average molecular weight is 322 g/mol. The Morgan fingerprint density at radius 2 is 1.88 bits per heavy atom. The molecule has 0 N–H and O–H groups in total. The van der Waals surface area contributed by atoms with Gasteiger partial charge in [-0.25, -0.2) is 4.98 Å². The molecular formula is C20H22N2O2. The maximum atomic E-state index is 11.6. The number of aromatic nitrogens is 2. The Kier molecular flexibility index (Phi) is 5.26. The number of para-hydroxylation sites is 2. The summed E-state index contributed by atoms with van der Waals surface area (Å²) >= 11 is 0. The predicted molar refractivity (Wildman–Crippen MR) is 95.5 cm³/mol. The minimum atomic E-state index is 0.161. The van der Waals surface area contributed by atoms with Crippen LogP contribution in [0.1, 0.15) is 36.5 Å². The lowest BCUT2D eigenvalue weighted by atomic mass is 10.1. The van der Waals surface area contributed by atoms with E-state index in [1.165, 1.54) is 5.52 Å². The minimum Gasteiger partial charge on any atom is -0.494 e. The molecule has 1 heterocycles. The quantitative estimate of drug-likeness (QED) is 0.453. The fourth-order valence-corrected chi connectivity index (χ4v) is 2.70. The van der Waals surface area contributed by atoms with E-state index >= 15 is 0 Å². The Balaban J connectivity index is 1.43. The van der Waals surface area contributed by atoms with Crippen molar-refractivity contribution in [2.75, 3.05) is 6.61 Å².